The van der Waals surface area contributed by atoms with E-state index in [9.17, 15) is 5.11 Å². The maximum absolute atomic E-state index is 10.5. The molecule has 0 radical (unpaired) electrons. The fourth-order valence-electron chi connectivity index (χ4n) is 2.76. The minimum atomic E-state index is -0.432. The summed E-state index contributed by atoms with van der Waals surface area (Å²) in [4.78, 5) is 6.34. The third kappa shape index (κ3) is 4.65. The van der Waals surface area contributed by atoms with Gasteiger partial charge in [-0.1, -0.05) is 30.7 Å². The average molecular weight is 298 g/mol. The molecule has 0 spiro atoms. The first-order valence-electron chi connectivity index (χ1n) is 7.96. The van der Waals surface area contributed by atoms with E-state index in [0.717, 1.165) is 30.6 Å². The summed E-state index contributed by atoms with van der Waals surface area (Å²) in [6.45, 7) is 8.84. The van der Waals surface area contributed by atoms with Crippen molar-refractivity contribution in [2.24, 2.45) is 0 Å². The van der Waals surface area contributed by atoms with E-state index >= 15 is 0 Å². The normalized spacial score (nSPS) is 12.6. The van der Waals surface area contributed by atoms with E-state index < -0.39 is 6.10 Å². The highest BCUT2D eigenvalue weighted by Crippen LogP contribution is 2.20. The molecule has 1 aromatic carbocycles. The third-order valence-corrected chi connectivity index (χ3v) is 4.13. The van der Waals surface area contributed by atoms with Crippen LogP contribution in [-0.4, -0.2) is 34.6 Å². The molecular formula is C19H26N2O. The van der Waals surface area contributed by atoms with E-state index in [1.807, 2.05) is 30.6 Å². The molecule has 1 aromatic heterocycles. The Bertz CT molecular complexity index is 583. The van der Waals surface area contributed by atoms with Gasteiger partial charge in [0, 0.05) is 25.5 Å². The molecule has 0 aliphatic heterocycles. The molecule has 3 heteroatoms. The standard InChI is InChI=1S/C19H26N2O/c1-4-21(12-9-17-7-10-20-11-8-17)14-19(22)18-6-5-15(2)13-16(18)3/h5-8,10-11,13,19,22H,4,9,12,14H2,1-3H3. The summed E-state index contributed by atoms with van der Waals surface area (Å²) >= 11 is 0. The lowest BCUT2D eigenvalue weighted by atomic mass is 10.0. The molecule has 3 nitrogen and oxygen atoms in total. The molecule has 0 saturated carbocycles. The molecule has 2 rings (SSSR count). The van der Waals surface area contributed by atoms with Crippen molar-refractivity contribution >= 4 is 0 Å². The number of hydrogen-bond donors (Lipinski definition) is 1. The molecule has 0 amide bonds. The highest BCUT2D eigenvalue weighted by atomic mass is 16.3. The van der Waals surface area contributed by atoms with Crippen molar-refractivity contribution in [3.8, 4) is 0 Å². The van der Waals surface area contributed by atoms with Crippen LogP contribution in [0.1, 0.15) is 35.3 Å². The Morgan fingerprint density at radius 3 is 2.50 bits per heavy atom. The van der Waals surface area contributed by atoms with Crippen molar-refractivity contribution in [1.29, 1.82) is 0 Å². The van der Waals surface area contributed by atoms with Crippen LogP contribution in [0, 0.1) is 13.8 Å². The van der Waals surface area contributed by atoms with Crippen LogP contribution in [-0.2, 0) is 6.42 Å². The molecule has 0 fully saturated rings. The molecule has 0 aliphatic carbocycles. The largest absolute Gasteiger partial charge is 0.387 e. The summed E-state index contributed by atoms with van der Waals surface area (Å²) in [5.41, 5.74) is 4.72. The first-order valence-corrected chi connectivity index (χ1v) is 7.96. The van der Waals surface area contributed by atoms with Crippen molar-refractivity contribution in [2.75, 3.05) is 19.6 Å². The van der Waals surface area contributed by atoms with Crippen LogP contribution in [0.4, 0.5) is 0 Å². The Labute approximate surface area is 133 Å². The summed E-state index contributed by atoms with van der Waals surface area (Å²) in [5.74, 6) is 0. The second kappa shape index (κ2) is 8.06. The number of aliphatic hydroxyl groups is 1. The van der Waals surface area contributed by atoms with Crippen LogP contribution < -0.4 is 0 Å². The SMILES string of the molecule is CCN(CCc1ccncc1)CC(O)c1ccc(C)cc1C. The summed E-state index contributed by atoms with van der Waals surface area (Å²) < 4.78 is 0. The highest BCUT2D eigenvalue weighted by Gasteiger charge is 2.14. The van der Waals surface area contributed by atoms with Crippen molar-refractivity contribution in [1.82, 2.24) is 9.88 Å². The van der Waals surface area contributed by atoms with Crippen LogP contribution in [0.25, 0.3) is 0 Å². The van der Waals surface area contributed by atoms with Gasteiger partial charge in [0.15, 0.2) is 0 Å². The number of rotatable bonds is 7. The number of pyridine rings is 1. The second-order valence-corrected chi connectivity index (χ2v) is 5.87. The van der Waals surface area contributed by atoms with Crippen LogP contribution in [0.2, 0.25) is 0 Å². The maximum Gasteiger partial charge on any atom is 0.0919 e. The first-order chi connectivity index (χ1) is 10.6. The van der Waals surface area contributed by atoms with Gasteiger partial charge in [-0.25, -0.2) is 0 Å². The zero-order valence-corrected chi connectivity index (χ0v) is 13.8. The molecule has 22 heavy (non-hydrogen) atoms. The summed E-state index contributed by atoms with van der Waals surface area (Å²) in [6, 6.07) is 10.3. The van der Waals surface area contributed by atoms with Gasteiger partial charge in [0.05, 0.1) is 6.10 Å². The van der Waals surface area contributed by atoms with Gasteiger partial charge >= 0.3 is 0 Å². The molecule has 0 bridgehead atoms. The van der Waals surface area contributed by atoms with Crippen LogP contribution in [0.15, 0.2) is 42.7 Å². The van der Waals surface area contributed by atoms with E-state index in [1.165, 1.54) is 11.1 Å². The van der Waals surface area contributed by atoms with Gasteiger partial charge in [0.2, 0.25) is 0 Å². The van der Waals surface area contributed by atoms with E-state index in [2.05, 4.69) is 42.8 Å². The smallest absolute Gasteiger partial charge is 0.0919 e. The summed E-state index contributed by atoms with van der Waals surface area (Å²) in [5, 5.41) is 10.5. The molecular weight excluding hydrogens is 272 g/mol. The molecule has 118 valence electrons. The number of aromatic nitrogens is 1. The zero-order chi connectivity index (χ0) is 15.9. The van der Waals surface area contributed by atoms with E-state index in [4.69, 9.17) is 0 Å². The molecule has 1 atom stereocenters. The Hall–Kier alpha value is -1.71. The Morgan fingerprint density at radius 1 is 1.14 bits per heavy atom. The number of hydrogen-bond acceptors (Lipinski definition) is 3. The molecule has 1 heterocycles. The van der Waals surface area contributed by atoms with Crippen molar-refractivity contribution in [3.63, 3.8) is 0 Å². The first kappa shape index (κ1) is 16.7. The maximum atomic E-state index is 10.5. The predicted octanol–water partition coefficient (Wildman–Crippen LogP) is 3.30. The van der Waals surface area contributed by atoms with Crippen LogP contribution >= 0.6 is 0 Å². The van der Waals surface area contributed by atoms with Crippen LogP contribution in [0.3, 0.4) is 0 Å². The van der Waals surface area contributed by atoms with Crippen LogP contribution in [0.5, 0.6) is 0 Å². The quantitative estimate of drug-likeness (QED) is 0.852. The third-order valence-electron chi connectivity index (χ3n) is 4.13. The molecule has 0 aliphatic rings. The minimum Gasteiger partial charge on any atom is -0.387 e. The van der Waals surface area contributed by atoms with Crippen molar-refractivity contribution < 1.29 is 5.11 Å². The molecule has 0 saturated heterocycles. The van der Waals surface area contributed by atoms with Gasteiger partial charge in [-0.05, 0) is 55.6 Å². The van der Waals surface area contributed by atoms with Gasteiger partial charge in [0.1, 0.15) is 0 Å². The van der Waals surface area contributed by atoms with E-state index in [-0.39, 0.29) is 0 Å². The molecule has 2 aromatic rings. The zero-order valence-electron chi connectivity index (χ0n) is 13.8. The van der Waals surface area contributed by atoms with Gasteiger partial charge in [-0.3, -0.25) is 4.98 Å². The van der Waals surface area contributed by atoms with Gasteiger partial charge < -0.3 is 10.0 Å². The van der Waals surface area contributed by atoms with Gasteiger partial charge in [-0.15, -0.1) is 0 Å². The Balaban J connectivity index is 1.94. The number of likely N-dealkylation sites (N-methyl/N-ethyl adjacent to an activating group) is 1. The molecule has 1 unspecified atom stereocenters. The summed E-state index contributed by atoms with van der Waals surface area (Å²) in [6.07, 6.45) is 4.21. The van der Waals surface area contributed by atoms with Gasteiger partial charge in [-0.2, -0.15) is 0 Å². The lowest BCUT2D eigenvalue weighted by Crippen LogP contribution is -2.30. The minimum absolute atomic E-state index is 0.432. The van der Waals surface area contributed by atoms with Crippen molar-refractivity contribution in [2.45, 2.75) is 33.3 Å². The second-order valence-electron chi connectivity index (χ2n) is 5.87. The number of aliphatic hydroxyl groups excluding tert-OH is 1. The lowest BCUT2D eigenvalue weighted by Gasteiger charge is -2.24. The monoisotopic (exact) mass is 298 g/mol. The van der Waals surface area contributed by atoms with E-state index in [1.54, 1.807) is 0 Å². The predicted molar refractivity (Wildman–Crippen MR) is 90.9 cm³/mol. The topological polar surface area (TPSA) is 36.4 Å². The lowest BCUT2D eigenvalue weighted by molar-refractivity contribution is 0.116. The highest BCUT2D eigenvalue weighted by molar-refractivity contribution is 5.32. The number of aryl methyl sites for hydroxylation is 2. The fourth-order valence-corrected chi connectivity index (χ4v) is 2.76. The summed E-state index contributed by atoms with van der Waals surface area (Å²) in [7, 11) is 0. The fraction of sp³-hybridized carbons (Fsp3) is 0.421. The molecule has 1 N–H and O–H groups in total. The number of nitrogens with zero attached hydrogens (tertiary/aromatic N) is 2. The number of benzene rings is 1. The average Bonchev–Trinajstić information content (AvgIpc) is 2.52. The Morgan fingerprint density at radius 2 is 1.86 bits per heavy atom. The van der Waals surface area contributed by atoms with Crippen molar-refractivity contribution in [3.05, 3.63) is 65.0 Å². The van der Waals surface area contributed by atoms with Gasteiger partial charge in [0.25, 0.3) is 0 Å². The van der Waals surface area contributed by atoms with E-state index in [0.29, 0.717) is 6.54 Å². The Kier molecular flexibility index (Phi) is 6.10.